The van der Waals surface area contributed by atoms with Crippen molar-refractivity contribution in [3.63, 3.8) is 0 Å². The molecule has 0 saturated heterocycles. The van der Waals surface area contributed by atoms with Gasteiger partial charge in [-0.2, -0.15) is 5.10 Å². The summed E-state index contributed by atoms with van der Waals surface area (Å²) < 4.78 is 1.32. The Balaban J connectivity index is 2.27. The summed E-state index contributed by atoms with van der Waals surface area (Å²) in [6.07, 6.45) is 1.47. The first-order chi connectivity index (χ1) is 11.4. The van der Waals surface area contributed by atoms with E-state index in [0.717, 1.165) is 17.3 Å². The van der Waals surface area contributed by atoms with E-state index < -0.39 is 11.1 Å². The van der Waals surface area contributed by atoms with Crippen molar-refractivity contribution in [2.24, 2.45) is 0 Å². The standard InChI is InChI=1S/C19H23ClN2O2S/c1-18(2,3)13-9-7-12(8-10-13)17(24)25-14-11-21-22(19(4,5)6)16(23)15(14)20/h7-11H,1-6H3. The van der Waals surface area contributed by atoms with Gasteiger partial charge < -0.3 is 0 Å². The van der Waals surface area contributed by atoms with Crippen LogP contribution in [0.4, 0.5) is 0 Å². The van der Waals surface area contributed by atoms with Gasteiger partial charge in [-0.15, -0.1) is 0 Å². The number of rotatable bonds is 2. The maximum atomic E-state index is 12.5. The molecule has 0 aliphatic rings. The summed E-state index contributed by atoms with van der Waals surface area (Å²) in [7, 11) is 0. The molecule has 134 valence electrons. The van der Waals surface area contributed by atoms with E-state index in [1.807, 2.05) is 32.9 Å². The topological polar surface area (TPSA) is 52.0 Å². The van der Waals surface area contributed by atoms with Crippen LogP contribution in [0.5, 0.6) is 0 Å². The molecule has 1 aromatic heterocycles. The number of hydrogen-bond acceptors (Lipinski definition) is 4. The Bertz CT molecular complexity index is 844. The average Bonchev–Trinajstić information content (AvgIpc) is 2.50. The van der Waals surface area contributed by atoms with Crippen molar-refractivity contribution < 1.29 is 4.79 Å². The lowest BCUT2D eigenvalue weighted by Crippen LogP contribution is -2.36. The third-order valence-corrected chi connectivity index (χ3v) is 5.14. The van der Waals surface area contributed by atoms with Crippen molar-refractivity contribution in [2.75, 3.05) is 0 Å². The van der Waals surface area contributed by atoms with Crippen molar-refractivity contribution in [2.45, 2.75) is 57.4 Å². The van der Waals surface area contributed by atoms with Gasteiger partial charge >= 0.3 is 0 Å². The lowest BCUT2D eigenvalue weighted by atomic mass is 9.87. The van der Waals surface area contributed by atoms with Crippen LogP contribution in [0.15, 0.2) is 40.2 Å². The molecule has 0 amide bonds. The normalized spacial score (nSPS) is 12.3. The number of aromatic nitrogens is 2. The fourth-order valence-electron chi connectivity index (χ4n) is 2.23. The van der Waals surface area contributed by atoms with Gasteiger partial charge in [-0.25, -0.2) is 4.68 Å². The average molecular weight is 379 g/mol. The number of carbonyl (C=O) groups is 1. The molecule has 0 unspecified atom stereocenters. The summed E-state index contributed by atoms with van der Waals surface area (Å²) in [6, 6.07) is 7.50. The quantitative estimate of drug-likeness (QED) is 0.698. The number of nitrogens with zero attached hydrogens (tertiary/aromatic N) is 2. The second-order valence-corrected chi connectivity index (χ2v) is 9.32. The van der Waals surface area contributed by atoms with E-state index in [9.17, 15) is 9.59 Å². The Morgan fingerprint density at radius 2 is 1.64 bits per heavy atom. The molecule has 0 aliphatic carbocycles. The van der Waals surface area contributed by atoms with Crippen LogP contribution in [-0.4, -0.2) is 14.9 Å². The molecular weight excluding hydrogens is 356 g/mol. The van der Waals surface area contributed by atoms with Crippen molar-refractivity contribution in [3.05, 3.63) is 57.0 Å². The maximum Gasteiger partial charge on any atom is 0.287 e. The zero-order chi connectivity index (χ0) is 19.0. The first kappa shape index (κ1) is 19.7. The molecule has 1 heterocycles. The van der Waals surface area contributed by atoms with Crippen molar-refractivity contribution in [1.29, 1.82) is 0 Å². The SMILES string of the molecule is CC(C)(C)c1ccc(C(=O)Sc2cnn(C(C)(C)C)c(=O)c2Cl)cc1. The molecular formula is C19H23ClN2O2S. The van der Waals surface area contributed by atoms with E-state index in [4.69, 9.17) is 11.6 Å². The molecule has 0 N–H and O–H groups in total. The largest absolute Gasteiger partial charge is 0.287 e. The summed E-state index contributed by atoms with van der Waals surface area (Å²) in [5, 5.41) is 4.00. The highest BCUT2D eigenvalue weighted by Crippen LogP contribution is 2.29. The lowest BCUT2D eigenvalue weighted by Gasteiger charge is -2.21. The fourth-order valence-corrected chi connectivity index (χ4v) is 3.21. The van der Waals surface area contributed by atoms with E-state index in [1.165, 1.54) is 10.9 Å². The molecule has 0 aliphatic heterocycles. The van der Waals surface area contributed by atoms with Gasteiger partial charge in [0.15, 0.2) is 0 Å². The molecule has 0 saturated carbocycles. The minimum atomic E-state index is -0.475. The van der Waals surface area contributed by atoms with Gasteiger partial charge in [0, 0.05) is 5.56 Å². The number of benzene rings is 1. The lowest BCUT2D eigenvalue weighted by molar-refractivity contribution is 0.108. The van der Waals surface area contributed by atoms with Gasteiger partial charge in [0.1, 0.15) is 5.02 Å². The first-order valence-corrected chi connectivity index (χ1v) is 9.22. The molecule has 1 aromatic carbocycles. The molecule has 0 radical (unpaired) electrons. The summed E-state index contributed by atoms with van der Waals surface area (Å²) in [4.78, 5) is 25.2. The molecule has 2 rings (SSSR count). The van der Waals surface area contributed by atoms with Crippen LogP contribution in [0.2, 0.25) is 5.02 Å². The van der Waals surface area contributed by atoms with E-state index >= 15 is 0 Å². The second kappa shape index (κ2) is 6.96. The minimum Gasteiger partial charge on any atom is -0.281 e. The van der Waals surface area contributed by atoms with Gasteiger partial charge in [0.05, 0.1) is 16.6 Å². The Morgan fingerprint density at radius 3 is 2.12 bits per heavy atom. The van der Waals surface area contributed by atoms with Gasteiger partial charge in [-0.1, -0.05) is 56.6 Å². The van der Waals surface area contributed by atoms with Crippen LogP contribution in [0.3, 0.4) is 0 Å². The molecule has 0 fully saturated rings. The predicted octanol–water partition coefficient (Wildman–Crippen LogP) is 4.88. The highest BCUT2D eigenvalue weighted by molar-refractivity contribution is 8.14. The van der Waals surface area contributed by atoms with Gasteiger partial charge in [0.2, 0.25) is 5.12 Å². The number of hydrogen-bond donors (Lipinski definition) is 0. The third-order valence-electron chi connectivity index (χ3n) is 3.71. The first-order valence-electron chi connectivity index (χ1n) is 8.02. The molecule has 2 aromatic rings. The number of carbonyl (C=O) groups excluding carboxylic acids is 1. The van der Waals surface area contributed by atoms with Gasteiger partial charge in [0.25, 0.3) is 5.56 Å². The van der Waals surface area contributed by atoms with Crippen LogP contribution in [0.25, 0.3) is 0 Å². The van der Waals surface area contributed by atoms with Crippen LogP contribution < -0.4 is 5.56 Å². The maximum absolute atomic E-state index is 12.5. The number of halogens is 1. The molecule has 0 bridgehead atoms. The Kier molecular flexibility index (Phi) is 5.50. The van der Waals surface area contributed by atoms with Crippen LogP contribution in [-0.2, 0) is 11.0 Å². The van der Waals surface area contributed by atoms with Crippen molar-refractivity contribution in [3.8, 4) is 0 Å². The Morgan fingerprint density at radius 1 is 1.08 bits per heavy atom. The third kappa shape index (κ3) is 4.53. The van der Waals surface area contributed by atoms with Gasteiger partial charge in [-0.3, -0.25) is 9.59 Å². The summed E-state index contributed by atoms with van der Waals surface area (Å²) in [6.45, 7) is 12.0. The van der Waals surface area contributed by atoms with Crippen LogP contribution >= 0.6 is 23.4 Å². The van der Waals surface area contributed by atoms with E-state index in [0.29, 0.717) is 10.5 Å². The monoisotopic (exact) mass is 378 g/mol. The molecule has 6 heteroatoms. The second-order valence-electron chi connectivity index (χ2n) is 7.93. The highest BCUT2D eigenvalue weighted by Gasteiger charge is 2.21. The van der Waals surface area contributed by atoms with E-state index in [2.05, 4.69) is 25.9 Å². The summed E-state index contributed by atoms with van der Waals surface area (Å²) in [5.41, 5.74) is 0.876. The van der Waals surface area contributed by atoms with Crippen LogP contribution in [0, 0.1) is 0 Å². The minimum absolute atomic E-state index is 0.0228. The van der Waals surface area contributed by atoms with Gasteiger partial charge in [-0.05, 0) is 43.5 Å². The zero-order valence-electron chi connectivity index (χ0n) is 15.4. The van der Waals surface area contributed by atoms with Crippen molar-refractivity contribution >= 4 is 28.5 Å². The fraction of sp³-hybridized carbons (Fsp3) is 0.421. The van der Waals surface area contributed by atoms with E-state index in [1.54, 1.807) is 12.1 Å². The Labute approximate surface area is 157 Å². The highest BCUT2D eigenvalue weighted by atomic mass is 35.5. The summed E-state index contributed by atoms with van der Waals surface area (Å²) in [5.74, 6) is 0. The smallest absolute Gasteiger partial charge is 0.281 e. The Hall–Kier alpha value is -1.59. The molecule has 4 nitrogen and oxygen atoms in total. The molecule has 0 atom stereocenters. The molecule has 0 spiro atoms. The zero-order valence-corrected chi connectivity index (χ0v) is 17.0. The predicted molar refractivity (Wildman–Crippen MR) is 104 cm³/mol. The van der Waals surface area contributed by atoms with E-state index in [-0.39, 0.29) is 15.6 Å². The van der Waals surface area contributed by atoms with Crippen LogP contribution in [0.1, 0.15) is 57.5 Å². The summed E-state index contributed by atoms with van der Waals surface area (Å²) >= 11 is 7.10. The number of thioether (sulfide) groups is 1. The molecule has 25 heavy (non-hydrogen) atoms. The van der Waals surface area contributed by atoms with Crippen molar-refractivity contribution in [1.82, 2.24) is 9.78 Å².